The number of rotatable bonds is 4. The summed E-state index contributed by atoms with van der Waals surface area (Å²) >= 11 is 0. The quantitative estimate of drug-likeness (QED) is 0.844. The number of hydrogen-bond donors (Lipinski definition) is 1. The van der Waals surface area contributed by atoms with Crippen LogP contribution in [0.1, 0.15) is 16.1 Å². The second kappa shape index (κ2) is 5.25. The highest BCUT2D eigenvalue weighted by Crippen LogP contribution is 1.97. The molecule has 0 spiro atoms. The Labute approximate surface area is 99.5 Å². The van der Waals surface area contributed by atoms with Gasteiger partial charge in [-0.2, -0.15) is 0 Å². The molecule has 2 aromatic rings. The zero-order valence-electron chi connectivity index (χ0n) is 9.63. The molecule has 1 amide bonds. The maximum absolute atomic E-state index is 11.7. The Bertz CT molecular complexity index is 492. The van der Waals surface area contributed by atoms with E-state index in [9.17, 15) is 4.79 Å². The number of hydrogen-bond acceptors (Lipinski definition) is 3. The van der Waals surface area contributed by atoms with Crippen molar-refractivity contribution in [3.05, 3.63) is 48.3 Å². The summed E-state index contributed by atoms with van der Waals surface area (Å²) in [6, 6.07) is 3.48. The predicted octanol–water partition coefficient (Wildman–Crippen LogP) is 0.788. The highest BCUT2D eigenvalue weighted by molar-refractivity contribution is 5.93. The highest BCUT2D eigenvalue weighted by atomic mass is 16.1. The number of imidazole rings is 1. The molecule has 2 heterocycles. The van der Waals surface area contributed by atoms with Crippen molar-refractivity contribution in [2.24, 2.45) is 7.05 Å². The number of carbonyl (C=O) groups excluding carboxylic acids is 1. The number of aromatic nitrogens is 3. The molecule has 0 fully saturated rings. The number of pyridine rings is 1. The third kappa shape index (κ3) is 3.14. The first kappa shape index (κ1) is 11.3. The van der Waals surface area contributed by atoms with Crippen molar-refractivity contribution in [2.45, 2.75) is 6.42 Å². The summed E-state index contributed by atoms with van der Waals surface area (Å²) in [5, 5.41) is 2.83. The maximum atomic E-state index is 11.7. The summed E-state index contributed by atoms with van der Waals surface area (Å²) in [5.41, 5.74) is 1.55. The summed E-state index contributed by atoms with van der Waals surface area (Å²) in [5.74, 6) is -0.103. The van der Waals surface area contributed by atoms with Crippen molar-refractivity contribution in [2.75, 3.05) is 6.54 Å². The number of amides is 1. The summed E-state index contributed by atoms with van der Waals surface area (Å²) in [6.45, 7) is 0.574. The van der Waals surface area contributed by atoms with Gasteiger partial charge in [-0.05, 0) is 12.1 Å². The second-order valence-corrected chi connectivity index (χ2v) is 3.78. The Morgan fingerprint density at radius 3 is 3.06 bits per heavy atom. The van der Waals surface area contributed by atoms with Gasteiger partial charge in [0.25, 0.3) is 5.91 Å². The molecule has 5 nitrogen and oxygen atoms in total. The smallest absolute Gasteiger partial charge is 0.252 e. The average Bonchev–Trinajstić information content (AvgIpc) is 2.76. The Hall–Kier alpha value is -2.17. The molecule has 2 rings (SSSR count). The Balaban J connectivity index is 1.81. The standard InChI is InChI=1S/C12H14N4O/c1-16-8-11(15-9-16)4-6-14-12(17)10-3-2-5-13-7-10/h2-3,5,7-9H,4,6H2,1H3,(H,14,17). The van der Waals surface area contributed by atoms with Crippen LogP contribution in [0.2, 0.25) is 0 Å². The van der Waals surface area contributed by atoms with E-state index in [0.29, 0.717) is 12.1 Å². The van der Waals surface area contributed by atoms with Gasteiger partial charge in [0.15, 0.2) is 0 Å². The molecule has 0 bridgehead atoms. The fourth-order valence-corrected chi connectivity index (χ4v) is 1.50. The number of aryl methyl sites for hydroxylation is 1. The van der Waals surface area contributed by atoms with Gasteiger partial charge in [0.1, 0.15) is 0 Å². The van der Waals surface area contributed by atoms with E-state index in [1.165, 1.54) is 0 Å². The molecule has 0 aromatic carbocycles. The SMILES string of the molecule is Cn1cnc(CCNC(=O)c2cccnc2)c1. The minimum atomic E-state index is -0.103. The van der Waals surface area contributed by atoms with Crippen molar-refractivity contribution >= 4 is 5.91 Å². The van der Waals surface area contributed by atoms with Crippen molar-refractivity contribution in [3.63, 3.8) is 0 Å². The van der Waals surface area contributed by atoms with Crippen molar-refractivity contribution in [1.82, 2.24) is 19.9 Å². The van der Waals surface area contributed by atoms with Crippen LogP contribution in [0.15, 0.2) is 37.1 Å². The summed E-state index contributed by atoms with van der Waals surface area (Å²) in [7, 11) is 1.92. The average molecular weight is 230 g/mol. The molecule has 0 radical (unpaired) electrons. The molecule has 0 aliphatic carbocycles. The zero-order valence-corrected chi connectivity index (χ0v) is 9.63. The monoisotopic (exact) mass is 230 g/mol. The molecule has 0 atom stereocenters. The first-order valence-corrected chi connectivity index (χ1v) is 5.41. The highest BCUT2D eigenvalue weighted by Gasteiger charge is 2.04. The number of nitrogens with one attached hydrogen (secondary N) is 1. The van der Waals surface area contributed by atoms with E-state index in [0.717, 1.165) is 12.1 Å². The van der Waals surface area contributed by atoms with Gasteiger partial charge in [0.05, 0.1) is 17.6 Å². The summed E-state index contributed by atoms with van der Waals surface area (Å²) < 4.78 is 1.89. The first-order valence-electron chi connectivity index (χ1n) is 5.41. The fraction of sp³-hybridized carbons (Fsp3) is 0.250. The van der Waals surface area contributed by atoms with E-state index in [4.69, 9.17) is 0 Å². The zero-order chi connectivity index (χ0) is 12.1. The predicted molar refractivity (Wildman–Crippen MR) is 63.5 cm³/mol. The molecule has 5 heteroatoms. The van der Waals surface area contributed by atoms with Gasteiger partial charge in [-0.15, -0.1) is 0 Å². The van der Waals surface area contributed by atoms with Gasteiger partial charge in [-0.25, -0.2) is 4.98 Å². The Kier molecular flexibility index (Phi) is 3.49. The van der Waals surface area contributed by atoms with E-state index in [2.05, 4.69) is 15.3 Å². The first-order chi connectivity index (χ1) is 8.25. The lowest BCUT2D eigenvalue weighted by Gasteiger charge is -2.03. The molecule has 2 aromatic heterocycles. The van der Waals surface area contributed by atoms with E-state index in [1.807, 2.05) is 17.8 Å². The molecule has 1 N–H and O–H groups in total. The minimum Gasteiger partial charge on any atom is -0.352 e. The van der Waals surface area contributed by atoms with Crippen molar-refractivity contribution < 1.29 is 4.79 Å². The van der Waals surface area contributed by atoms with Crippen LogP contribution in [-0.4, -0.2) is 27.0 Å². The summed E-state index contributed by atoms with van der Waals surface area (Å²) in [6.07, 6.45) is 7.61. The Morgan fingerprint density at radius 2 is 2.41 bits per heavy atom. The molecular weight excluding hydrogens is 216 g/mol. The summed E-state index contributed by atoms with van der Waals surface area (Å²) in [4.78, 5) is 19.7. The molecule has 0 unspecified atom stereocenters. The normalized spacial score (nSPS) is 10.2. The third-order valence-corrected chi connectivity index (χ3v) is 2.35. The van der Waals surface area contributed by atoms with Gasteiger partial charge in [0.2, 0.25) is 0 Å². The number of nitrogens with zero attached hydrogens (tertiary/aromatic N) is 3. The molecule has 0 saturated heterocycles. The van der Waals surface area contributed by atoms with Crippen LogP contribution in [-0.2, 0) is 13.5 Å². The maximum Gasteiger partial charge on any atom is 0.252 e. The van der Waals surface area contributed by atoms with Gasteiger partial charge in [-0.3, -0.25) is 9.78 Å². The van der Waals surface area contributed by atoms with Crippen LogP contribution in [0.3, 0.4) is 0 Å². The second-order valence-electron chi connectivity index (χ2n) is 3.78. The van der Waals surface area contributed by atoms with Crippen LogP contribution in [0.4, 0.5) is 0 Å². The van der Waals surface area contributed by atoms with Crippen LogP contribution in [0, 0.1) is 0 Å². The largest absolute Gasteiger partial charge is 0.352 e. The molecule has 0 saturated carbocycles. The Morgan fingerprint density at radius 1 is 1.53 bits per heavy atom. The fourth-order valence-electron chi connectivity index (χ4n) is 1.50. The van der Waals surface area contributed by atoms with E-state index in [-0.39, 0.29) is 5.91 Å². The molecule has 0 aliphatic rings. The van der Waals surface area contributed by atoms with E-state index >= 15 is 0 Å². The van der Waals surface area contributed by atoms with E-state index in [1.54, 1.807) is 30.9 Å². The van der Waals surface area contributed by atoms with E-state index < -0.39 is 0 Å². The van der Waals surface area contributed by atoms with Crippen molar-refractivity contribution in [1.29, 1.82) is 0 Å². The molecule has 88 valence electrons. The lowest BCUT2D eigenvalue weighted by Crippen LogP contribution is -2.25. The van der Waals surface area contributed by atoms with Gasteiger partial charge >= 0.3 is 0 Å². The molecule has 0 aliphatic heterocycles. The van der Waals surface area contributed by atoms with Crippen molar-refractivity contribution in [3.8, 4) is 0 Å². The van der Waals surface area contributed by atoms with Crippen LogP contribution in [0.25, 0.3) is 0 Å². The molecule has 17 heavy (non-hydrogen) atoms. The van der Waals surface area contributed by atoms with Crippen LogP contribution >= 0.6 is 0 Å². The number of carbonyl (C=O) groups is 1. The van der Waals surface area contributed by atoms with Gasteiger partial charge in [-0.1, -0.05) is 0 Å². The third-order valence-electron chi connectivity index (χ3n) is 2.35. The molecular formula is C12H14N4O. The lowest BCUT2D eigenvalue weighted by atomic mass is 10.2. The topological polar surface area (TPSA) is 59.8 Å². The van der Waals surface area contributed by atoms with Crippen LogP contribution in [0.5, 0.6) is 0 Å². The minimum absolute atomic E-state index is 0.103. The van der Waals surface area contributed by atoms with Gasteiger partial charge < -0.3 is 9.88 Å². The van der Waals surface area contributed by atoms with Crippen LogP contribution < -0.4 is 5.32 Å². The lowest BCUT2D eigenvalue weighted by molar-refractivity contribution is 0.0953. The van der Waals surface area contributed by atoms with Gasteiger partial charge in [0, 0.05) is 38.6 Å².